The molecule has 0 radical (unpaired) electrons. The van der Waals surface area contributed by atoms with Gasteiger partial charge in [0, 0.05) is 24.9 Å². The van der Waals surface area contributed by atoms with E-state index in [1.807, 2.05) is 0 Å². The van der Waals surface area contributed by atoms with E-state index in [-0.39, 0.29) is 12.2 Å². The normalized spacial score (nSPS) is 9.84. The zero-order valence-electron chi connectivity index (χ0n) is 11.1. The number of carbonyl (C=O) groups excluding carboxylic acids is 1. The molecule has 0 spiro atoms. The molecular weight excluding hydrogens is 252 g/mol. The Morgan fingerprint density at radius 3 is 2.63 bits per heavy atom. The lowest BCUT2D eigenvalue weighted by atomic mass is 10.2. The van der Waals surface area contributed by atoms with Crippen molar-refractivity contribution in [3.8, 4) is 5.75 Å². The highest BCUT2D eigenvalue weighted by molar-refractivity contribution is 5.76. The van der Waals surface area contributed by atoms with Gasteiger partial charge in [0.2, 0.25) is 0 Å². The second-order valence-electron chi connectivity index (χ2n) is 3.81. The molecule has 7 nitrogen and oxygen atoms in total. The molecule has 0 bridgehead atoms. The molecule has 0 aliphatic rings. The number of esters is 1. The van der Waals surface area contributed by atoms with Gasteiger partial charge in [-0.2, -0.15) is 0 Å². The molecule has 0 amide bonds. The van der Waals surface area contributed by atoms with Crippen LogP contribution in [0, 0.1) is 10.1 Å². The topological polar surface area (TPSA) is 81.9 Å². The minimum absolute atomic E-state index is 0.00321. The van der Waals surface area contributed by atoms with Gasteiger partial charge in [0.1, 0.15) is 12.3 Å². The number of benzene rings is 1. The number of hydrogen-bond donors (Lipinski definition) is 0. The maximum Gasteiger partial charge on any atom is 0.325 e. The highest BCUT2D eigenvalue weighted by Crippen LogP contribution is 2.27. The third kappa shape index (κ3) is 4.13. The maximum absolute atomic E-state index is 11.2. The molecule has 0 N–H and O–H groups in total. The van der Waals surface area contributed by atoms with Crippen LogP contribution in [0.15, 0.2) is 18.2 Å². The van der Waals surface area contributed by atoms with E-state index in [0.717, 1.165) is 0 Å². The Hall–Kier alpha value is -2.31. The van der Waals surface area contributed by atoms with E-state index in [2.05, 4.69) is 4.74 Å². The quantitative estimate of drug-likeness (QED) is 0.443. The molecule has 19 heavy (non-hydrogen) atoms. The van der Waals surface area contributed by atoms with Crippen LogP contribution >= 0.6 is 0 Å². The first kappa shape index (κ1) is 14.7. The number of nitrogens with zero attached hydrogens (tertiary/aromatic N) is 2. The number of nitro groups is 1. The average Bonchev–Trinajstić information content (AvgIpc) is 2.38. The van der Waals surface area contributed by atoms with E-state index < -0.39 is 10.9 Å². The van der Waals surface area contributed by atoms with Gasteiger partial charge in [0.25, 0.3) is 5.69 Å². The molecule has 1 aromatic rings. The lowest BCUT2D eigenvalue weighted by Gasteiger charge is -2.18. The lowest BCUT2D eigenvalue weighted by Crippen LogP contribution is -2.26. The summed E-state index contributed by atoms with van der Waals surface area (Å²) in [5.41, 5.74) is 0.431. The van der Waals surface area contributed by atoms with E-state index in [0.29, 0.717) is 18.0 Å². The number of ether oxygens (including phenoxy) is 2. The summed E-state index contributed by atoms with van der Waals surface area (Å²) in [5.74, 6) is -0.0321. The molecule has 0 saturated heterocycles. The van der Waals surface area contributed by atoms with Crippen molar-refractivity contribution in [3.63, 3.8) is 0 Å². The van der Waals surface area contributed by atoms with Gasteiger partial charge < -0.3 is 14.4 Å². The van der Waals surface area contributed by atoms with Gasteiger partial charge in [-0.25, -0.2) is 0 Å². The molecule has 1 aromatic carbocycles. The molecule has 0 fully saturated rings. The molecule has 0 aliphatic carbocycles. The number of non-ortho nitro benzene ring substituents is 1. The molecular formula is C12H16N2O5. The Labute approximate surface area is 110 Å². The Bertz CT molecular complexity index is 475. The number of hydrogen-bond acceptors (Lipinski definition) is 6. The van der Waals surface area contributed by atoms with Crippen molar-refractivity contribution in [3.05, 3.63) is 28.3 Å². The summed E-state index contributed by atoms with van der Waals surface area (Å²) in [6, 6.07) is 4.36. The van der Waals surface area contributed by atoms with Crippen LogP contribution in [0.5, 0.6) is 5.75 Å². The number of rotatable bonds is 6. The number of likely N-dealkylation sites (N-methyl/N-ethyl adjacent to an activating group) is 1. The molecule has 0 saturated carbocycles. The molecule has 1 rings (SSSR count). The zero-order valence-corrected chi connectivity index (χ0v) is 11.1. The minimum Gasteiger partial charge on any atom is -0.494 e. The van der Waals surface area contributed by atoms with Crippen molar-refractivity contribution in [1.82, 2.24) is 0 Å². The highest BCUT2D eigenvalue weighted by atomic mass is 16.6. The second-order valence-corrected chi connectivity index (χ2v) is 3.81. The van der Waals surface area contributed by atoms with Crippen molar-refractivity contribution >= 4 is 17.3 Å². The first-order valence-corrected chi connectivity index (χ1v) is 5.68. The largest absolute Gasteiger partial charge is 0.494 e. The van der Waals surface area contributed by atoms with Crippen LogP contribution in [-0.2, 0) is 9.53 Å². The monoisotopic (exact) mass is 268 g/mol. The summed E-state index contributed by atoms with van der Waals surface area (Å²) in [5, 5.41) is 10.9. The molecule has 0 aliphatic heterocycles. The van der Waals surface area contributed by atoms with Gasteiger partial charge >= 0.3 is 5.97 Å². The minimum atomic E-state index is -0.502. The fourth-order valence-corrected chi connectivity index (χ4v) is 1.49. The Kier molecular flexibility index (Phi) is 5.11. The van der Waals surface area contributed by atoms with Crippen LogP contribution in [0.4, 0.5) is 11.4 Å². The summed E-state index contributed by atoms with van der Waals surface area (Å²) < 4.78 is 9.82. The fourth-order valence-electron chi connectivity index (χ4n) is 1.49. The van der Waals surface area contributed by atoms with Crippen LogP contribution in [0.25, 0.3) is 0 Å². The SMILES string of the molecule is CCOc1cc(N(C)CC(=O)OC)cc([N+](=O)[O-])c1. The van der Waals surface area contributed by atoms with Crippen LogP contribution in [0.2, 0.25) is 0 Å². The van der Waals surface area contributed by atoms with Crippen LogP contribution in [0.3, 0.4) is 0 Å². The summed E-state index contributed by atoms with van der Waals surface area (Å²) in [6.07, 6.45) is 0. The summed E-state index contributed by atoms with van der Waals surface area (Å²) >= 11 is 0. The van der Waals surface area contributed by atoms with Crippen LogP contribution < -0.4 is 9.64 Å². The predicted molar refractivity (Wildman–Crippen MR) is 69.6 cm³/mol. The number of anilines is 1. The van der Waals surface area contributed by atoms with Gasteiger partial charge in [-0.05, 0) is 6.92 Å². The summed E-state index contributed by atoms with van der Waals surface area (Å²) in [4.78, 5) is 23.1. The maximum atomic E-state index is 11.2. The fraction of sp³-hybridized carbons (Fsp3) is 0.417. The van der Waals surface area contributed by atoms with Gasteiger partial charge in [-0.1, -0.05) is 0 Å². The van der Waals surface area contributed by atoms with Crippen molar-refractivity contribution in [1.29, 1.82) is 0 Å². The van der Waals surface area contributed by atoms with Crippen molar-refractivity contribution in [2.45, 2.75) is 6.92 Å². The Morgan fingerprint density at radius 2 is 2.11 bits per heavy atom. The van der Waals surface area contributed by atoms with E-state index in [1.54, 1.807) is 24.9 Å². The lowest BCUT2D eigenvalue weighted by molar-refractivity contribution is -0.384. The van der Waals surface area contributed by atoms with Gasteiger partial charge in [-0.15, -0.1) is 0 Å². The number of methoxy groups -OCH3 is 1. The van der Waals surface area contributed by atoms with Crippen molar-refractivity contribution in [2.75, 3.05) is 32.2 Å². The number of nitro benzene ring substituents is 1. The van der Waals surface area contributed by atoms with Gasteiger partial charge in [-0.3, -0.25) is 14.9 Å². The third-order valence-corrected chi connectivity index (χ3v) is 2.43. The molecule has 0 heterocycles. The molecule has 104 valence electrons. The van der Waals surface area contributed by atoms with E-state index >= 15 is 0 Å². The standard InChI is InChI=1S/C12H16N2O5/c1-4-19-11-6-9(5-10(7-11)14(16)17)13(2)8-12(15)18-3/h5-7H,4,8H2,1-3H3. The molecule has 7 heteroatoms. The Morgan fingerprint density at radius 1 is 1.42 bits per heavy atom. The summed E-state index contributed by atoms with van der Waals surface area (Å²) in [6.45, 7) is 2.20. The number of carbonyl (C=O) groups is 1. The van der Waals surface area contributed by atoms with Crippen LogP contribution in [0.1, 0.15) is 6.92 Å². The third-order valence-electron chi connectivity index (χ3n) is 2.43. The predicted octanol–water partition coefficient (Wildman–Crippen LogP) is 1.60. The van der Waals surface area contributed by atoms with E-state index in [4.69, 9.17) is 4.74 Å². The van der Waals surface area contributed by atoms with Gasteiger partial charge in [0.05, 0.1) is 24.7 Å². The first-order chi connectivity index (χ1) is 8.97. The Balaban J connectivity index is 3.04. The molecule has 0 atom stereocenters. The van der Waals surface area contributed by atoms with Gasteiger partial charge in [0.15, 0.2) is 0 Å². The highest BCUT2D eigenvalue weighted by Gasteiger charge is 2.14. The molecule has 0 unspecified atom stereocenters. The van der Waals surface area contributed by atoms with Crippen molar-refractivity contribution < 1.29 is 19.2 Å². The smallest absolute Gasteiger partial charge is 0.325 e. The average molecular weight is 268 g/mol. The van der Waals surface area contributed by atoms with E-state index in [1.165, 1.54) is 19.2 Å². The first-order valence-electron chi connectivity index (χ1n) is 5.68. The van der Waals surface area contributed by atoms with Crippen LogP contribution in [-0.4, -0.2) is 38.2 Å². The zero-order chi connectivity index (χ0) is 14.4. The van der Waals surface area contributed by atoms with Crippen molar-refractivity contribution in [2.24, 2.45) is 0 Å². The summed E-state index contributed by atoms with van der Waals surface area (Å²) in [7, 11) is 2.93. The molecule has 0 aromatic heterocycles. The van der Waals surface area contributed by atoms with E-state index in [9.17, 15) is 14.9 Å². The second kappa shape index (κ2) is 6.58.